The molecule has 0 saturated carbocycles. The molecule has 0 bridgehead atoms. The predicted octanol–water partition coefficient (Wildman–Crippen LogP) is 3.26. The van der Waals surface area contributed by atoms with E-state index in [-0.39, 0.29) is 5.91 Å². The molecule has 21 heavy (non-hydrogen) atoms. The Morgan fingerprint density at radius 3 is 2.67 bits per heavy atom. The molecule has 1 heterocycles. The molecule has 1 amide bonds. The van der Waals surface area contributed by atoms with Crippen LogP contribution in [0.25, 0.3) is 0 Å². The lowest BCUT2D eigenvalue weighted by molar-refractivity contribution is -0.113. The van der Waals surface area contributed by atoms with Crippen molar-refractivity contribution in [3.8, 4) is 0 Å². The summed E-state index contributed by atoms with van der Waals surface area (Å²) in [6, 6.07) is 7.90. The van der Waals surface area contributed by atoms with E-state index in [1.165, 1.54) is 28.7 Å². The van der Waals surface area contributed by atoms with Crippen molar-refractivity contribution in [1.82, 2.24) is 10.2 Å². The van der Waals surface area contributed by atoms with Gasteiger partial charge in [-0.2, -0.15) is 0 Å². The number of benzene rings is 1. The topological polar surface area (TPSA) is 66.9 Å². The zero-order chi connectivity index (χ0) is 15.1. The summed E-state index contributed by atoms with van der Waals surface area (Å²) >= 11 is 2.86. The Morgan fingerprint density at radius 1 is 1.24 bits per heavy atom. The van der Waals surface area contributed by atoms with Crippen LogP contribution < -0.4 is 10.6 Å². The largest absolute Gasteiger partial charge is 0.360 e. The van der Waals surface area contributed by atoms with Gasteiger partial charge in [-0.25, -0.2) is 0 Å². The van der Waals surface area contributed by atoms with Crippen LogP contribution in [-0.2, 0) is 11.2 Å². The number of nitrogens with one attached hydrogen (secondary N) is 2. The number of hydrogen-bond acceptors (Lipinski definition) is 6. The molecule has 0 fully saturated rings. The summed E-state index contributed by atoms with van der Waals surface area (Å²) in [5, 5.41) is 14.8. The van der Waals surface area contributed by atoms with Gasteiger partial charge in [0.05, 0.1) is 5.75 Å². The molecule has 0 aliphatic heterocycles. The van der Waals surface area contributed by atoms with Crippen LogP contribution in [0.15, 0.2) is 28.6 Å². The molecule has 2 aromatic rings. The molecular formula is C14H18N4OS2. The molecule has 1 aromatic heterocycles. The van der Waals surface area contributed by atoms with Crippen LogP contribution in [0.3, 0.4) is 0 Å². The Kier molecular flexibility index (Phi) is 6.01. The SMILES string of the molecule is CCNc1nnc(SCC(=O)Nc2ccc(CC)cc2)s1. The highest BCUT2D eigenvalue weighted by atomic mass is 32.2. The van der Waals surface area contributed by atoms with E-state index in [1.807, 2.05) is 31.2 Å². The minimum Gasteiger partial charge on any atom is -0.360 e. The van der Waals surface area contributed by atoms with Gasteiger partial charge in [-0.1, -0.05) is 42.2 Å². The number of aromatic nitrogens is 2. The Bertz CT molecular complexity index is 583. The summed E-state index contributed by atoms with van der Waals surface area (Å²) in [7, 11) is 0. The smallest absolute Gasteiger partial charge is 0.234 e. The van der Waals surface area contributed by atoms with Crippen molar-refractivity contribution in [3.63, 3.8) is 0 Å². The molecule has 7 heteroatoms. The maximum Gasteiger partial charge on any atom is 0.234 e. The summed E-state index contributed by atoms with van der Waals surface area (Å²) < 4.78 is 0.794. The molecular weight excluding hydrogens is 304 g/mol. The Labute approximate surface area is 132 Å². The molecule has 2 N–H and O–H groups in total. The first-order valence-electron chi connectivity index (χ1n) is 6.80. The molecule has 1 aromatic carbocycles. The molecule has 0 spiro atoms. The van der Waals surface area contributed by atoms with E-state index < -0.39 is 0 Å². The van der Waals surface area contributed by atoms with Crippen LogP contribution in [-0.4, -0.2) is 28.4 Å². The first kappa shape index (κ1) is 15.8. The van der Waals surface area contributed by atoms with Gasteiger partial charge >= 0.3 is 0 Å². The summed E-state index contributed by atoms with van der Waals surface area (Å²) in [4.78, 5) is 11.9. The van der Waals surface area contributed by atoms with Gasteiger partial charge in [0.2, 0.25) is 11.0 Å². The van der Waals surface area contributed by atoms with Gasteiger partial charge in [0, 0.05) is 12.2 Å². The van der Waals surface area contributed by atoms with Gasteiger partial charge in [0.1, 0.15) is 0 Å². The highest BCUT2D eigenvalue weighted by Crippen LogP contribution is 2.25. The van der Waals surface area contributed by atoms with E-state index in [0.717, 1.165) is 28.1 Å². The average molecular weight is 322 g/mol. The number of rotatable bonds is 7. The van der Waals surface area contributed by atoms with Crippen molar-refractivity contribution in [2.24, 2.45) is 0 Å². The zero-order valence-electron chi connectivity index (χ0n) is 12.0. The lowest BCUT2D eigenvalue weighted by Crippen LogP contribution is -2.13. The number of amides is 1. The minimum absolute atomic E-state index is 0.0375. The third kappa shape index (κ3) is 5.02. The summed E-state index contributed by atoms with van der Waals surface area (Å²) in [6.07, 6.45) is 0.995. The highest BCUT2D eigenvalue weighted by molar-refractivity contribution is 8.01. The third-order valence-corrected chi connectivity index (χ3v) is 4.72. The van der Waals surface area contributed by atoms with Gasteiger partial charge in [-0.15, -0.1) is 10.2 Å². The van der Waals surface area contributed by atoms with Crippen molar-refractivity contribution in [2.45, 2.75) is 24.6 Å². The van der Waals surface area contributed by atoms with Gasteiger partial charge in [-0.3, -0.25) is 4.79 Å². The highest BCUT2D eigenvalue weighted by Gasteiger charge is 2.08. The number of aryl methyl sites for hydroxylation is 1. The van der Waals surface area contributed by atoms with E-state index in [9.17, 15) is 4.79 Å². The van der Waals surface area contributed by atoms with Crippen LogP contribution >= 0.6 is 23.1 Å². The third-order valence-electron chi connectivity index (χ3n) is 2.71. The number of hydrogen-bond donors (Lipinski definition) is 2. The van der Waals surface area contributed by atoms with Crippen LogP contribution in [0.5, 0.6) is 0 Å². The molecule has 0 saturated heterocycles. The fourth-order valence-electron chi connectivity index (χ4n) is 1.64. The monoisotopic (exact) mass is 322 g/mol. The van der Waals surface area contributed by atoms with Crippen LogP contribution in [0, 0.1) is 0 Å². The fraction of sp³-hybridized carbons (Fsp3) is 0.357. The standard InChI is InChI=1S/C14H18N4OS2/c1-3-10-5-7-11(8-6-10)16-12(19)9-20-14-18-17-13(21-14)15-4-2/h5-8H,3-4,9H2,1-2H3,(H,15,17)(H,16,19). The number of carbonyl (C=O) groups is 1. The number of thioether (sulfide) groups is 1. The van der Waals surface area contributed by atoms with Gasteiger partial charge in [-0.05, 0) is 31.0 Å². The molecule has 0 aliphatic carbocycles. The van der Waals surface area contributed by atoms with Gasteiger partial charge in [0.25, 0.3) is 0 Å². The van der Waals surface area contributed by atoms with Crippen LogP contribution in [0.2, 0.25) is 0 Å². The van der Waals surface area contributed by atoms with Crippen molar-refractivity contribution in [2.75, 3.05) is 22.9 Å². The predicted molar refractivity (Wildman–Crippen MR) is 89.2 cm³/mol. The minimum atomic E-state index is -0.0375. The average Bonchev–Trinajstić information content (AvgIpc) is 2.94. The molecule has 0 aliphatic rings. The molecule has 2 rings (SSSR count). The Balaban J connectivity index is 1.80. The second-order valence-corrected chi connectivity index (χ2v) is 6.49. The number of carbonyl (C=O) groups excluding carboxylic acids is 1. The van der Waals surface area contributed by atoms with E-state index in [2.05, 4.69) is 27.8 Å². The van der Waals surface area contributed by atoms with Gasteiger partial charge < -0.3 is 10.6 Å². The lowest BCUT2D eigenvalue weighted by atomic mass is 10.1. The molecule has 112 valence electrons. The van der Waals surface area contributed by atoms with Crippen molar-refractivity contribution >= 4 is 39.8 Å². The number of anilines is 2. The van der Waals surface area contributed by atoms with Crippen LogP contribution in [0.4, 0.5) is 10.8 Å². The molecule has 5 nitrogen and oxygen atoms in total. The van der Waals surface area contributed by atoms with E-state index in [1.54, 1.807) is 0 Å². The van der Waals surface area contributed by atoms with Crippen molar-refractivity contribution < 1.29 is 4.79 Å². The van der Waals surface area contributed by atoms with E-state index in [4.69, 9.17) is 0 Å². The first-order valence-corrected chi connectivity index (χ1v) is 8.60. The van der Waals surface area contributed by atoms with Crippen LogP contribution in [0.1, 0.15) is 19.4 Å². The Hall–Kier alpha value is -1.60. The van der Waals surface area contributed by atoms with Crippen molar-refractivity contribution in [3.05, 3.63) is 29.8 Å². The fourth-order valence-corrected chi connectivity index (χ4v) is 3.26. The Morgan fingerprint density at radius 2 is 2.00 bits per heavy atom. The van der Waals surface area contributed by atoms with E-state index >= 15 is 0 Å². The zero-order valence-corrected chi connectivity index (χ0v) is 13.7. The summed E-state index contributed by atoms with van der Waals surface area (Å²) in [6.45, 7) is 4.92. The summed E-state index contributed by atoms with van der Waals surface area (Å²) in [5.74, 6) is 0.292. The first-order chi connectivity index (χ1) is 10.2. The summed E-state index contributed by atoms with van der Waals surface area (Å²) in [5.41, 5.74) is 2.08. The maximum atomic E-state index is 11.9. The molecule has 0 unspecified atom stereocenters. The second-order valence-electron chi connectivity index (χ2n) is 4.29. The molecule has 0 radical (unpaired) electrons. The van der Waals surface area contributed by atoms with Crippen molar-refractivity contribution in [1.29, 1.82) is 0 Å². The second kappa shape index (κ2) is 7.99. The maximum absolute atomic E-state index is 11.9. The quantitative estimate of drug-likeness (QED) is 0.766. The normalized spacial score (nSPS) is 10.4. The van der Waals surface area contributed by atoms with E-state index in [0.29, 0.717) is 5.75 Å². The lowest BCUT2D eigenvalue weighted by Gasteiger charge is -2.04. The van der Waals surface area contributed by atoms with Gasteiger partial charge in [0.15, 0.2) is 4.34 Å². The molecule has 0 atom stereocenters. The number of nitrogens with zero attached hydrogens (tertiary/aromatic N) is 2.